The highest BCUT2D eigenvalue weighted by atomic mass is 16.6. The number of hydrogen-bond acceptors (Lipinski definition) is 5. The number of nitrogens with one attached hydrogen (secondary N) is 1. The van der Waals surface area contributed by atoms with Crippen LogP contribution in [0.5, 0.6) is 0 Å². The number of benzene rings is 1. The van der Waals surface area contributed by atoms with E-state index in [2.05, 4.69) is 5.32 Å². The molecule has 0 radical (unpaired) electrons. The molecule has 1 aromatic carbocycles. The van der Waals surface area contributed by atoms with E-state index in [0.717, 1.165) is 29.7 Å². The van der Waals surface area contributed by atoms with E-state index in [1.807, 2.05) is 0 Å². The van der Waals surface area contributed by atoms with Crippen LogP contribution in [0.15, 0.2) is 24.3 Å². The fourth-order valence-corrected chi connectivity index (χ4v) is 4.96. The van der Waals surface area contributed by atoms with Gasteiger partial charge in [0.1, 0.15) is 6.54 Å². The highest BCUT2D eigenvalue weighted by Gasteiger charge is 2.60. The van der Waals surface area contributed by atoms with Crippen molar-refractivity contribution in [3.05, 3.63) is 39.9 Å². The summed E-state index contributed by atoms with van der Waals surface area (Å²) in [7, 11) is 0. The van der Waals surface area contributed by atoms with Gasteiger partial charge in [-0.05, 0) is 43.1 Å². The smallest absolute Gasteiger partial charge is 0.269 e. The molecule has 4 unspecified atom stereocenters. The van der Waals surface area contributed by atoms with Gasteiger partial charge in [0.15, 0.2) is 0 Å². The molecule has 1 heterocycles. The van der Waals surface area contributed by atoms with Gasteiger partial charge in [0.25, 0.3) is 5.69 Å². The van der Waals surface area contributed by atoms with Crippen LogP contribution in [-0.4, -0.2) is 40.6 Å². The number of amides is 3. The van der Waals surface area contributed by atoms with E-state index in [4.69, 9.17) is 0 Å². The van der Waals surface area contributed by atoms with E-state index >= 15 is 0 Å². The Labute approximate surface area is 156 Å². The highest BCUT2D eigenvalue weighted by Crippen LogP contribution is 2.55. The zero-order valence-electron chi connectivity index (χ0n) is 14.8. The third kappa shape index (κ3) is 3.09. The predicted molar refractivity (Wildman–Crippen MR) is 94.3 cm³/mol. The molecule has 3 fully saturated rings. The second-order valence-corrected chi connectivity index (χ2v) is 7.67. The van der Waals surface area contributed by atoms with Crippen molar-refractivity contribution >= 4 is 23.4 Å². The van der Waals surface area contributed by atoms with Crippen LogP contribution in [0, 0.1) is 33.8 Å². The number of likely N-dealkylation sites (tertiary alicyclic amines) is 1. The van der Waals surface area contributed by atoms with Gasteiger partial charge >= 0.3 is 0 Å². The minimum atomic E-state index is -0.461. The average molecular weight is 371 g/mol. The van der Waals surface area contributed by atoms with Crippen LogP contribution >= 0.6 is 0 Å². The second-order valence-electron chi connectivity index (χ2n) is 7.67. The number of nitro benzene ring substituents is 1. The average Bonchev–Trinajstić information content (AvgIpc) is 3.32. The Bertz CT molecular complexity index is 778. The number of non-ortho nitro benzene ring substituents is 1. The Hall–Kier alpha value is -2.77. The molecule has 142 valence electrons. The van der Waals surface area contributed by atoms with E-state index in [9.17, 15) is 24.5 Å². The maximum Gasteiger partial charge on any atom is 0.269 e. The molecular weight excluding hydrogens is 350 g/mol. The maximum absolute atomic E-state index is 12.6. The number of nitro groups is 1. The SMILES string of the molecule is O=C(CN1C(=O)C2C3CCC(C3)C2C1=O)NCCc1ccc([N+](=O)[O-])cc1. The Morgan fingerprint density at radius 3 is 2.26 bits per heavy atom. The lowest BCUT2D eigenvalue weighted by atomic mass is 9.81. The van der Waals surface area contributed by atoms with Crippen LogP contribution in [0.1, 0.15) is 24.8 Å². The molecule has 0 spiro atoms. The van der Waals surface area contributed by atoms with Crippen LogP contribution in [0.4, 0.5) is 5.69 Å². The summed E-state index contributed by atoms with van der Waals surface area (Å²) in [6, 6.07) is 6.14. The molecule has 4 rings (SSSR count). The van der Waals surface area contributed by atoms with E-state index in [1.54, 1.807) is 12.1 Å². The molecule has 1 aliphatic heterocycles. The lowest BCUT2D eigenvalue weighted by molar-refractivity contribution is -0.384. The molecule has 3 aliphatic rings. The van der Waals surface area contributed by atoms with Crippen LogP contribution in [0.25, 0.3) is 0 Å². The van der Waals surface area contributed by atoms with Crippen LogP contribution in [-0.2, 0) is 20.8 Å². The van der Waals surface area contributed by atoms with Gasteiger partial charge in [0.2, 0.25) is 17.7 Å². The third-order valence-corrected chi connectivity index (χ3v) is 6.20. The van der Waals surface area contributed by atoms with Gasteiger partial charge in [-0.25, -0.2) is 0 Å². The summed E-state index contributed by atoms with van der Waals surface area (Å²) in [5.74, 6) is -0.497. The fourth-order valence-electron chi connectivity index (χ4n) is 4.96. The standard InChI is InChI=1S/C19H21N3O5/c23-15(20-8-7-11-1-5-14(6-2-11)22(26)27)10-21-18(24)16-12-3-4-13(9-12)17(16)19(21)25/h1-2,5-6,12-13,16-17H,3-4,7-10H2,(H,20,23). The highest BCUT2D eigenvalue weighted by molar-refractivity contribution is 6.08. The van der Waals surface area contributed by atoms with Crippen molar-refractivity contribution in [2.45, 2.75) is 25.7 Å². The molecule has 8 heteroatoms. The Balaban J connectivity index is 1.28. The Morgan fingerprint density at radius 2 is 1.70 bits per heavy atom. The molecule has 3 amide bonds. The van der Waals surface area contributed by atoms with Gasteiger partial charge in [0.05, 0.1) is 16.8 Å². The quantitative estimate of drug-likeness (QED) is 0.460. The van der Waals surface area contributed by atoms with Crippen molar-refractivity contribution in [2.24, 2.45) is 23.7 Å². The number of nitrogens with zero attached hydrogens (tertiary/aromatic N) is 2. The van der Waals surface area contributed by atoms with E-state index in [-0.39, 0.29) is 41.8 Å². The van der Waals surface area contributed by atoms with Crippen molar-refractivity contribution in [3.8, 4) is 0 Å². The topological polar surface area (TPSA) is 110 Å². The summed E-state index contributed by atoms with van der Waals surface area (Å²) < 4.78 is 0. The van der Waals surface area contributed by atoms with Crippen LogP contribution in [0.2, 0.25) is 0 Å². The first-order valence-corrected chi connectivity index (χ1v) is 9.31. The minimum Gasteiger partial charge on any atom is -0.354 e. The molecule has 2 aliphatic carbocycles. The summed E-state index contributed by atoms with van der Waals surface area (Å²) in [6.07, 6.45) is 3.52. The molecule has 0 aromatic heterocycles. The third-order valence-electron chi connectivity index (χ3n) is 6.20. The zero-order chi connectivity index (χ0) is 19.1. The molecule has 1 saturated heterocycles. The van der Waals surface area contributed by atoms with Gasteiger partial charge in [-0.3, -0.25) is 29.4 Å². The summed E-state index contributed by atoms with van der Waals surface area (Å²) in [4.78, 5) is 48.6. The van der Waals surface area contributed by atoms with Crippen LogP contribution < -0.4 is 5.32 Å². The first kappa shape index (κ1) is 17.6. The monoisotopic (exact) mass is 371 g/mol. The van der Waals surface area contributed by atoms with Gasteiger partial charge < -0.3 is 5.32 Å². The van der Waals surface area contributed by atoms with Gasteiger partial charge in [-0.1, -0.05) is 12.1 Å². The molecule has 8 nitrogen and oxygen atoms in total. The summed E-state index contributed by atoms with van der Waals surface area (Å²) >= 11 is 0. The van der Waals surface area contributed by atoms with E-state index < -0.39 is 4.92 Å². The predicted octanol–water partition coefficient (Wildman–Crippen LogP) is 1.28. The number of hydrogen-bond donors (Lipinski definition) is 1. The Kier molecular flexibility index (Phi) is 4.41. The molecule has 1 N–H and O–H groups in total. The van der Waals surface area contributed by atoms with Gasteiger partial charge in [-0.2, -0.15) is 0 Å². The zero-order valence-corrected chi connectivity index (χ0v) is 14.8. The Morgan fingerprint density at radius 1 is 1.11 bits per heavy atom. The van der Waals surface area contributed by atoms with Crippen molar-refractivity contribution in [3.63, 3.8) is 0 Å². The summed E-state index contributed by atoms with van der Waals surface area (Å²) in [6.45, 7) is 0.120. The fraction of sp³-hybridized carbons (Fsp3) is 0.526. The number of carbonyl (C=O) groups excluding carboxylic acids is 3. The first-order valence-electron chi connectivity index (χ1n) is 9.31. The molecule has 1 aromatic rings. The number of carbonyl (C=O) groups is 3. The van der Waals surface area contributed by atoms with Crippen molar-refractivity contribution < 1.29 is 19.3 Å². The van der Waals surface area contributed by atoms with Crippen molar-refractivity contribution in [1.82, 2.24) is 10.2 Å². The number of imide groups is 1. The molecular formula is C19H21N3O5. The number of rotatable bonds is 6. The van der Waals surface area contributed by atoms with Gasteiger partial charge in [-0.15, -0.1) is 0 Å². The van der Waals surface area contributed by atoms with E-state index in [1.165, 1.54) is 12.1 Å². The van der Waals surface area contributed by atoms with Crippen molar-refractivity contribution in [1.29, 1.82) is 0 Å². The second kappa shape index (κ2) is 6.75. The lowest BCUT2D eigenvalue weighted by Gasteiger charge is -2.19. The minimum absolute atomic E-state index is 0.0216. The molecule has 4 atom stereocenters. The lowest BCUT2D eigenvalue weighted by Crippen LogP contribution is -2.42. The first-order chi connectivity index (χ1) is 13.0. The maximum atomic E-state index is 12.6. The van der Waals surface area contributed by atoms with E-state index in [0.29, 0.717) is 24.8 Å². The van der Waals surface area contributed by atoms with Crippen molar-refractivity contribution in [2.75, 3.05) is 13.1 Å². The summed E-state index contributed by atoms with van der Waals surface area (Å²) in [5, 5.41) is 13.4. The largest absolute Gasteiger partial charge is 0.354 e. The van der Waals surface area contributed by atoms with Gasteiger partial charge in [0, 0.05) is 18.7 Å². The normalized spacial score (nSPS) is 28.5. The number of fused-ring (bicyclic) bond motifs is 5. The molecule has 2 bridgehead atoms. The molecule has 27 heavy (non-hydrogen) atoms. The molecule has 2 saturated carbocycles. The van der Waals surface area contributed by atoms with Crippen LogP contribution in [0.3, 0.4) is 0 Å². The summed E-state index contributed by atoms with van der Waals surface area (Å²) in [5.41, 5.74) is 0.883.